The van der Waals surface area contributed by atoms with E-state index in [-0.39, 0.29) is 0 Å². The van der Waals surface area contributed by atoms with Crippen LogP contribution >= 0.6 is 0 Å². The largest absolute Gasteiger partial charge is 0.0654 e. The van der Waals surface area contributed by atoms with Gasteiger partial charge in [0.1, 0.15) is 0 Å². The SMILES string of the molecule is CCCC1(CC)CC2=C(C(C)(C)C)CC(C(C)(C)C)=C2C1. The predicted octanol–water partition coefficient (Wildman–Crippen LogP) is 7.07. The van der Waals surface area contributed by atoms with E-state index in [2.05, 4.69) is 55.4 Å². The van der Waals surface area contributed by atoms with Crippen LogP contribution in [-0.4, -0.2) is 0 Å². The molecule has 2 aliphatic carbocycles. The molecule has 0 bridgehead atoms. The van der Waals surface area contributed by atoms with Crippen LogP contribution in [0.2, 0.25) is 0 Å². The van der Waals surface area contributed by atoms with Crippen molar-refractivity contribution in [2.75, 3.05) is 0 Å². The van der Waals surface area contributed by atoms with Crippen LogP contribution in [0.1, 0.15) is 93.9 Å². The highest BCUT2D eigenvalue weighted by Crippen LogP contribution is 2.60. The summed E-state index contributed by atoms with van der Waals surface area (Å²) in [6, 6.07) is 0. The van der Waals surface area contributed by atoms with E-state index in [9.17, 15) is 0 Å². The summed E-state index contributed by atoms with van der Waals surface area (Å²) >= 11 is 0. The molecule has 2 rings (SSSR count). The second-order valence-corrected chi connectivity index (χ2v) is 9.55. The topological polar surface area (TPSA) is 0 Å². The fraction of sp³-hybridized carbons (Fsp3) is 0.810. The number of hydrogen-bond donors (Lipinski definition) is 0. The second-order valence-electron chi connectivity index (χ2n) is 9.55. The van der Waals surface area contributed by atoms with Crippen LogP contribution in [0.4, 0.5) is 0 Å². The lowest BCUT2D eigenvalue weighted by atomic mass is 9.74. The van der Waals surface area contributed by atoms with Crippen LogP contribution in [0.25, 0.3) is 0 Å². The summed E-state index contributed by atoms with van der Waals surface area (Å²) in [4.78, 5) is 0. The van der Waals surface area contributed by atoms with Gasteiger partial charge in [0, 0.05) is 0 Å². The van der Waals surface area contributed by atoms with Gasteiger partial charge in [-0.25, -0.2) is 0 Å². The summed E-state index contributed by atoms with van der Waals surface area (Å²) in [6.07, 6.45) is 7.99. The highest BCUT2D eigenvalue weighted by Gasteiger charge is 2.45. The Morgan fingerprint density at radius 1 is 0.810 bits per heavy atom. The minimum atomic E-state index is 0.323. The molecular weight excluding hydrogens is 252 g/mol. The Balaban J connectivity index is 2.50. The first-order valence-electron chi connectivity index (χ1n) is 8.99. The molecule has 0 aromatic rings. The van der Waals surface area contributed by atoms with Gasteiger partial charge in [-0.05, 0) is 59.5 Å². The van der Waals surface area contributed by atoms with Gasteiger partial charge in [-0.15, -0.1) is 0 Å². The molecule has 0 spiro atoms. The Kier molecular flexibility index (Phi) is 4.24. The van der Waals surface area contributed by atoms with E-state index in [0.29, 0.717) is 16.2 Å². The highest BCUT2D eigenvalue weighted by atomic mass is 14.5. The highest BCUT2D eigenvalue weighted by molar-refractivity contribution is 5.54. The van der Waals surface area contributed by atoms with Crippen LogP contribution < -0.4 is 0 Å². The Bertz CT molecular complexity index is 433. The van der Waals surface area contributed by atoms with E-state index in [0.717, 1.165) is 0 Å². The van der Waals surface area contributed by atoms with E-state index >= 15 is 0 Å². The van der Waals surface area contributed by atoms with Gasteiger partial charge in [-0.2, -0.15) is 0 Å². The maximum Gasteiger partial charge on any atom is -0.00861 e. The first kappa shape index (κ1) is 16.8. The zero-order valence-corrected chi connectivity index (χ0v) is 15.7. The van der Waals surface area contributed by atoms with Crippen LogP contribution in [0.5, 0.6) is 0 Å². The van der Waals surface area contributed by atoms with Crippen molar-refractivity contribution in [1.29, 1.82) is 0 Å². The normalized spacial score (nSPS) is 22.3. The van der Waals surface area contributed by atoms with Crippen molar-refractivity contribution in [3.63, 3.8) is 0 Å². The van der Waals surface area contributed by atoms with Crippen molar-refractivity contribution < 1.29 is 0 Å². The summed E-state index contributed by atoms with van der Waals surface area (Å²) in [5.74, 6) is 0. The fourth-order valence-electron chi connectivity index (χ4n) is 4.56. The Labute approximate surface area is 133 Å². The third-order valence-corrected chi connectivity index (χ3v) is 5.89. The predicted molar refractivity (Wildman–Crippen MR) is 94.4 cm³/mol. The summed E-state index contributed by atoms with van der Waals surface area (Å²) in [5.41, 5.74) is 8.23. The molecular formula is C21H36. The van der Waals surface area contributed by atoms with Gasteiger partial charge < -0.3 is 0 Å². The van der Waals surface area contributed by atoms with Crippen LogP contribution in [-0.2, 0) is 0 Å². The molecule has 0 nitrogen and oxygen atoms in total. The maximum absolute atomic E-state index is 2.41. The van der Waals surface area contributed by atoms with Gasteiger partial charge in [0.05, 0.1) is 0 Å². The maximum atomic E-state index is 2.41. The van der Waals surface area contributed by atoms with E-state index in [1.165, 1.54) is 38.5 Å². The molecule has 0 N–H and O–H groups in total. The molecule has 0 saturated heterocycles. The van der Waals surface area contributed by atoms with Crippen molar-refractivity contribution in [3.8, 4) is 0 Å². The molecule has 21 heavy (non-hydrogen) atoms. The zero-order valence-electron chi connectivity index (χ0n) is 15.7. The minimum absolute atomic E-state index is 0.323. The third kappa shape index (κ3) is 3.01. The molecule has 1 fully saturated rings. The Morgan fingerprint density at radius 2 is 1.24 bits per heavy atom. The molecule has 0 unspecified atom stereocenters. The molecule has 0 amide bonds. The first-order chi connectivity index (χ1) is 9.54. The quantitative estimate of drug-likeness (QED) is 0.521. The molecule has 0 atom stereocenters. The van der Waals surface area contributed by atoms with Crippen molar-refractivity contribution in [3.05, 3.63) is 22.3 Å². The van der Waals surface area contributed by atoms with Crippen LogP contribution in [0, 0.1) is 16.2 Å². The summed E-state index contributed by atoms with van der Waals surface area (Å²) < 4.78 is 0. The fourth-order valence-corrected chi connectivity index (χ4v) is 4.56. The average molecular weight is 289 g/mol. The average Bonchev–Trinajstić information content (AvgIpc) is 2.82. The van der Waals surface area contributed by atoms with Crippen LogP contribution in [0.3, 0.4) is 0 Å². The van der Waals surface area contributed by atoms with Gasteiger partial charge in [-0.3, -0.25) is 0 Å². The zero-order chi connectivity index (χ0) is 16.1. The van der Waals surface area contributed by atoms with Gasteiger partial charge in [-0.1, -0.05) is 73.0 Å². The number of hydrogen-bond acceptors (Lipinski definition) is 0. The lowest BCUT2D eigenvalue weighted by Crippen LogP contribution is -2.18. The summed E-state index contributed by atoms with van der Waals surface area (Å²) in [6.45, 7) is 19.2. The Morgan fingerprint density at radius 3 is 1.52 bits per heavy atom. The van der Waals surface area contributed by atoms with E-state index in [1.54, 1.807) is 22.3 Å². The standard InChI is InChI=1S/C21H36/c1-9-11-21(10-2)13-15-16(14-21)18(20(6,7)8)12-17(15)19(3,4)5/h9-14H2,1-8H3. The van der Waals surface area contributed by atoms with E-state index in [4.69, 9.17) is 0 Å². The lowest BCUT2D eigenvalue weighted by molar-refractivity contribution is 0.267. The van der Waals surface area contributed by atoms with Crippen molar-refractivity contribution in [1.82, 2.24) is 0 Å². The number of allylic oxidation sites excluding steroid dienone is 4. The number of fused-ring (bicyclic) bond motifs is 1. The first-order valence-corrected chi connectivity index (χ1v) is 8.99. The summed E-state index contributed by atoms with van der Waals surface area (Å²) in [5, 5.41) is 0. The molecule has 0 heteroatoms. The van der Waals surface area contributed by atoms with E-state index < -0.39 is 0 Å². The molecule has 0 aliphatic heterocycles. The van der Waals surface area contributed by atoms with Crippen molar-refractivity contribution in [2.24, 2.45) is 16.2 Å². The molecule has 0 heterocycles. The molecule has 0 aromatic carbocycles. The van der Waals surface area contributed by atoms with Gasteiger partial charge >= 0.3 is 0 Å². The second kappa shape index (κ2) is 5.28. The van der Waals surface area contributed by atoms with Gasteiger partial charge in [0.25, 0.3) is 0 Å². The lowest BCUT2D eigenvalue weighted by Gasteiger charge is -2.31. The number of rotatable bonds is 3. The van der Waals surface area contributed by atoms with E-state index in [1.807, 2.05) is 0 Å². The molecule has 0 aromatic heterocycles. The van der Waals surface area contributed by atoms with Gasteiger partial charge in [0.15, 0.2) is 0 Å². The smallest absolute Gasteiger partial charge is 0.00861 e. The molecule has 2 aliphatic rings. The molecule has 0 radical (unpaired) electrons. The molecule has 1 saturated carbocycles. The Hall–Kier alpha value is -0.520. The third-order valence-electron chi connectivity index (χ3n) is 5.89. The van der Waals surface area contributed by atoms with Crippen LogP contribution in [0.15, 0.2) is 22.3 Å². The summed E-state index contributed by atoms with van der Waals surface area (Å²) in [7, 11) is 0. The molecule has 120 valence electrons. The van der Waals surface area contributed by atoms with Crippen molar-refractivity contribution >= 4 is 0 Å². The minimum Gasteiger partial charge on any atom is -0.0654 e. The van der Waals surface area contributed by atoms with Gasteiger partial charge in [0.2, 0.25) is 0 Å². The monoisotopic (exact) mass is 288 g/mol. The van der Waals surface area contributed by atoms with Crippen molar-refractivity contribution in [2.45, 2.75) is 93.9 Å².